The molecule has 112 valence electrons. The Morgan fingerprint density at radius 3 is 2.62 bits per heavy atom. The van der Waals surface area contributed by atoms with E-state index in [4.69, 9.17) is 0 Å². The van der Waals surface area contributed by atoms with Crippen LogP contribution in [0.4, 0.5) is 19.3 Å². The van der Waals surface area contributed by atoms with Crippen molar-refractivity contribution in [1.82, 2.24) is 10.2 Å². The molecule has 4 amide bonds. The normalized spacial score (nSPS) is 17.4. The second kappa shape index (κ2) is 5.12. The summed E-state index contributed by atoms with van der Waals surface area (Å²) in [6.07, 6.45) is 0. The summed E-state index contributed by atoms with van der Waals surface area (Å²) in [4.78, 5) is 36.2. The second-order valence-corrected chi connectivity index (χ2v) is 5.08. The van der Waals surface area contributed by atoms with Gasteiger partial charge in [-0.3, -0.25) is 14.9 Å². The summed E-state index contributed by atoms with van der Waals surface area (Å²) in [5.41, 5.74) is -1.51. The van der Waals surface area contributed by atoms with Gasteiger partial charge in [-0.05, 0) is 26.0 Å². The summed E-state index contributed by atoms with van der Waals surface area (Å²) in [5, 5.41) is 4.33. The Kier molecular flexibility index (Phi) is 3.63. The molecule has 0 bridgehead atoms. The van der Waals surface area contributed by atoms with Crippen molar-refractivity contribution in [3.8, 4) is 0 Å². The zero-order valence-electron chi connectivity index (χ0n) is 11.4. The predicted octanol–water partition coefficient (Wildman–Crippen LogP) is 1.23. The lowest BCUT2D eigenvalue weighted by Gasteiger charge is -2.39. The van der Waals surface area contributed by atoms with E-state index in [9.17, 15) is 23.2 Å². The molecule has 2 rings (SSSR count). The molecular formula is C13H13F2N3O3. The van der Waals surface area contributed by atoms with Gasteiger partial charge in [0, 0.05) is 6.07 Å². The van der Waals surface area contributed by atoms with Crippen LogP contribution in [-0.4, -0.2) is 34.8 Å². The molecule has 21 heavy (non-hydrogen) atoms. The van der Waals surface area contributed by atoms with Gasteiger partial charge in [-0.25, -0.2) is 13.6 Å². The van der Waals surface area contributed by atoms with Gasteiger partial charge in [-0.15, -0.1) is 0 Å². The molecule has 1 heterocycles. The van der Waals surface area contributed by atoms with Crippen LogP contribution in [0, 0.1) is 11.6 Å². The SMILES string of the molecule is CC1(C)C(=O)NC(=O)CN1C(=O)Nc1ccc(F)cc1F. The summed E-state index contributed by atoms with van der Waals surface area (Å²) in [5.74, 6) is -2.99. The number of benzene rings is 1. The van der Waals surface area contributed by atoms with Crippen molar-refractivity contribution < 1.29 is 23.2 Å². The molecule has 6 nitrogen and oxygen atoms in total. The zero-order chi connectivity index (χ0) is 15.8. The molecule has 0 atom stereocenters. The number of amides is 4. The van der Waals surface area contributed by atoms with Gasteiger partial charge in [0.1, 0.15) is 23.7 Å². The van der Waals surface area contributed by atoms with Crippen LogP contribution in [0.1, 0.15) is 13.8 Å². The monoisotopic (exact) mass is 297 g/mol. The van der Waals surface area contributed by atoms with E-state index < -0.39 is 35.0 Å². The maximum Gasteiger partial charge on any atom is 0.323 e. The summed E-state index contributed by atoms with van der Waals surface area (Å²) in [6.45, 7) is 2.57. The average Bonchev–Trinajstić information content (AvgIpc) is 2.37. The van der Waals surface area contributed by atoms with Gasteiger partial charge in [0.15, 0.2) is 0 Å². The number of imide groups is 1. The van der Waals surface area contributed by atoms with E-state index in [0.29, 0.717) is 6.07 Å². The summed E-state index contributed by atoms with van der Waals surface area (Å²) in [7, 11) is 0. The van der Waals surface area contributed by atoms with Crippen LogP contribution in [0.15, 0.2) is 18.2 Å². The van der Waals surface area contributed by atoms with Crippen molar-refractivity contribution in [2.75, 3.05) is 11.9 Å². The maximum absolute atomic E-state index is 13.5. The van der Waals surface area contributed by atoms with Crippen molar-refractivity contribution in [1.29, 1.82) is 0 Å². The molecule has 0 unspecified atom stereocenters. The number of nitrogens with one attached hydrogen (secondary N) is 2. The van der Waals surface area contributed by atoms with E-state index in [-0.39, 0.29) is 12.2 Å². The maximum atomic E-state index is 13.5. The molecule has 1 aromatic rings. The number of urea groups is 1. The number of carbonyl (C=O) groups excluding carboxylic acids is 3. The van der Waals surface area contributed by atoms with Gasteiger partial charge in [-0.1, -0.05) is 0 Å². The number of halogens is 2. The van der Waals surface area contributed by atoms with Crippen LogP contribution in [0.5, 0.6) is 0 Å². The van der Waals surface area contributed by atoms with Crippen LogP contribution in [0.25, 0.3) is 0 Å². The van der Waals surface area contributed by atoms with Crippen LogP contribution < -0.4 is 10.6 Å². The standard InChI is InChI=1S/C13H13F2N3O3/c1-13(2)11(20)17-10(19)6-18(13)12(21)16-9-4-3-7(14)5-8(9)15/h3-5H,6H2,1-2H3,(H,16,21)(H,17,19,20). The molecule has 0 radical (unpaired) electrons. The van der Waals surface area contributed by atoms with Crippen LogP contribution in [-0.2, 0) is 9.59 Å². The number of anilines is 1. The Bertz CT molecular complexity index is 631. The lowest BCUT2D eigenvalue weighted by Crippen LogP contribution is -2.66. The van der Waals surface area contributed by atoms with Crippen LogP contribution in [0.2, 0.25) is 0 Å². The molecule has 1 aliphatic heterocycles. The Balaban J connectivity index is 2.22. The number of nitrogens with zero attached hydrogens (tertiary/aromatic N) is 1. The molecule has 1 aliphatic rings. The molecule has 0 spiro atoms. The first kappa shape index (κ1) is 14.9. The van der Waals surface area contributed by atoms with Gasteiger partial charge in [0.25, 0.3) is 5.91 Å². The topological polar surface area (TPSA) is 78.5 Å². The Hall–Kier alpha value is -2.51. The van der Waals surface area contributed by atoms with Crippen molar-refractivity contribution in [3.05, 3.63) is 29.8 Å². The smallest absolute Gasteiger partial charge is 0.305 e. The van der Waals surface area contributed by atoms with E-state index >= 15 is 0 Å². The third kappa shape index (κ3) is 2.83. The number of hydrogen-bond donors (Lipinski definition) is 2. The van der Waals surface area contributed by atoms with E-state index in [2.05, 4.69) is 10.6 Å². The molecule has 0 saturated carbocycles. The Morgan fingerprint density at radius 2 is 2.00 bits per heavy atom. The van der Waals surface area contributed by atoms with E-state index in [1.54, 1.807) is 0 Å². The first-order valence-corrected chi connectivity index (χ1v) is 6.10. The van der Waals surface area contributed by atoms with Gasteiger partial charge in [0.2, 0.25) is 5.91 Å². The number of rotatable bonds is 1. The van der Waals surface area contributed by atoms with E-state index in [1.807, 2.05) is 0 Å². The minimum absolute atomic E-state index is 0.240. The molecular weight excluding hydrogens is 284 g/mol. The van der Waals surface area contributed by atoms with Gasteiger partial charge < -0.3 is 10.2 Å². The first-order valence-electron chi connectivity index (χ1n) is 6.10. The summed E-state index contributed by atoms with van der Waals surface area (Å²) in [6, 6.07) is 1.84. The molecule has 1 fully saturated rings. The van der Waals surface area contributed by atoms with Crippen LogP contribution in [0.3, 0.4) is 0 Å². The lowest BCUT2D eigenvalue weighted by atomic mass is 9.99. The largest absolute Gasteiger partial charge is 0.323 e. The molecule has 1 saturated heterocycles. The second-order valence-electron chi connectivity index (χ2n) is 5.08. The van der Waals surface area contributed by atoms with E-state index in [0.717, 1.165) is 17.0 Å². The van der Waals surface area contributed by atoms with Crippen molar-refractivity contribution in [2.24, 2.45) is 0 Å². The summed E-state index contributed by atoms with van der Waals surface area (Å²) >= 11 is 0. The summed E-state index contributed by atoms with van der Waals surface area (Å²) < 4.78 is 26.3. The van der Waals surface area contributed by atoms with Crippen molar-refractivity contribution >= 4 is 23.5 Å². The third-order valence-corrected chi connectivity index (χ3v) is 3.20. The predicted molar refractivity (Wildman–Crippen MR) is 69.3 cm³/mol. The molecule has 0 aliphatic carbocycles. The molecule has 8 heteroatoms. The highest BCUT2D eigenvalue weighted by molar-refractivity contribution is 6.07. The van der Waals surface area contributed by atoms with Crippen molar-refractivity contribution in [3.63, 3.8) is 0 Å². The third-order valence-electron chi connectivity index (χ3n) is 3.20. The van der Waals surface area contributed by atoms with Gasteiger partial charge in [-0.2, -0.15) is 0 Å². The highest BCUT2D eigenvalue weighted by atomic mass is 19.1. The number of carbonyl (C=O) groups is 3. The highest BCUT2D eigenvalue weighted by Crippen LogP contribution is 2.21. The highest BCUT2D eigenvalue weighted by Gasteiger charge is 2.43. The fourth-order valence-electron chi connectivity index (χ4n) is 1.88. The minimum Gasteiger partial charge on any atom is -0.305 e. The fourth-order valence-corrected chi connectivity index (χ4v) is 1.88. The van der Waals surface area contributed by atoms with Gasteiger partial charge >= 0.3 is 6.03 Å². The van der Waals surface area contributed by atoms with Crippen molar-refractivity contribution in [2.45, 2.75) is 19.4 Å². The quantitative estimate of drug-likeness (QED) is 0.765. The van der Waals surface area contributed by atoms with Gasteiger partial charge in [0.05, 0.1) is 5.69 Å². The van der Waals surface area contributed by atoms with Crippen LogP contribution >= 0.6 is 0 Å². The minimum atomic E-state index is -1.27. The number of piperazine rings is 1. The Labute approximate surface area is 119 Å². The van der Waals surface area contributed by atoms with E-state index in [1.165, 1.54) is 13.8 Å². The molecule has 0 aromatic heterocycles. The first-order chi connectivity index (χ1) is 9.71. The fraction of sp³-hybridized carbons (Fsp3) is 0.308. The lowest BCUT2D eigenvalue weighted by molar-refractivity contribution is -0.142. The average molecular weight is 297 g/mol. The Morgan fingerprint density at radius 1 is 1.33 bits per heavy atom. The molecule has 1 aromatic carbocycles. The zero-order valence-corrected chi connectivity index (χ0v) is 11.4. The molecule has 2 N–H and O–H groups in total. The number of hydrogen-bond acceptors (Lipinski definition) is 3.